The van der Waals surface area contributed by atoms with Crippen LogP contribution in [-0.4, -0.2) is 17.9 Å². The van der Waals surface area contributed by atoms with Crippen molar-refractivity contribution in [3.8, 4) is 0 Å². The van der Waals surface area contributed by atoms with Crippen LogP contribution >= 0.6 is 11.3 Å². The van der Waals surface area contributed by atoms with Gasteiger partial charge >= 0.3 is 0 Å². The number of ether oxygens (including phenoxy) is 1. The fraction of sp³-hybridized carbons (Fsp3) is 0.353. The summed E-state index contributed by atoms with van der Waals surface area (Å²) in [5.74, 6) is -0.247. The number of thiophene rings is 1. The summed E-state index contributed by atoms with van der Waals surface area (Å²) in [4.78, 5) is 7.98. The van der Waals surface area contributed by atoms with Gasteiger partial charge < -0.3 is 9.57 Å². The predicted molar refractivity (Wildman–Crippen MR) is 85.8 cm³/mol. The summed E-state index contributed by atoms with van der Waals surface area (Å²) in [5, 5.41) is 4.20. The first kappa shape index (κ1) is 15.2. The number of halogens is 1. The van der Waals surface area contributed by atoms with Gasteiger partial charge in [0.1, 0.15) is 11.5 Å². The largest absolute Gasteiger partial charge is 0.386 e. The Kier molecular flexibility index (Phi) is 4.27. The highest BCUT2D eigenvalue weighted by Gasteiger charge is 2.35. The molecule has 0 amide bonds. The second kappa shape index (κ2) is 6.18. The molecule has 1 atom stereocenters. The molecule has 2 heterocycles. The van der Waals surface area contributed by atoms with Gasteiger partial charge in [0.15, 0.2) is 5.60 Å². The molecule has 2 aromatic rings. The standard InChI is InChI=1S/C17H18FNO2S/c1-12-6-7-16(22-12)15-9-17(2,21-19-15)11-20-10-13-4-3-5-14(18)8-13/h3-8H,9-11H2,1-2H3. The molecule has 5 heteroatoms. The molecule has 0 bridgehead atoms. The summed E-state index contributed by atoms with van der Waals surface area (Å²) in [6.07, 6.45) is 0.718. The van der Waals surface area contributed by atoms with Crippen LogP contribution in [-0.2, 0) is 16.2 Å². The van der Waals surface area contributed by atoms with Crippen molar-refractivity contribution in [1.82, 2.24) is 0 Å². The molecule has 22 heavy (non-hydrogen) atoms. The minimum atomic E-state index is -0.458. The van der Waals surface area contributed by atoms with Crippen LogP contribution in [0.25, 0.3) is 0 Å². The molecule has 0 N–H and O–H groups in total. The average molecular weight is 319 g/mol. The molecule has 1 unspecified atom stereocenters. The van der Waals surface area contributed by atoms with Crippen LogP contribution in [0.4, 0.5) is 4.39 Å². The van der Waals surface area contributed by atoms with Crippen LogP contribution < -0.4 is 0 Å². The topological polar surface area (TPSA) is 30.8 Å². The van der Waals surface area contributed by atoms with Crippen molar-refractivity contribution >= 4 is 17.0 Å². The van der Waals surface area contributed by atoms with Gasteiger partial charge in [-0.1, -0.05) is 17.3 Å². The third-order valence-corrected chi connectivity index (χ3v) is 4.56. The molecule has 0 saturated carbocycles. The third-order valence-electron chi connectivity index (χ3n) is 3.51. The Morgan fingerprint density at radius 2 is 2.23 bits per heavy atom. The number of oxime groups is 1. The molecule has 0 saturated heterocycles. The van der Waals surface area contributed by atoms with Crippen molar-refractivity contribution in [2.24, 2.45) is 5.16 Å². The van der Waals surface area contributed by atoms with Crippen LogP contribution in [0.3, 0.4) is 0 Å². The Morgan fingerprint density at radius 1 is 1.36 bits per heavy atom. The minimum Gasteiger partial charge on any atom is -0.386 e. The van der Waals surface area contributed by atoms with Crippen LogP contribution in [0.15, 0.2) is 41.6 Å². The van der Waals surface area contributed by atoms with E-state index >= 15 is 0 Å². The van der Waals surface area contributed by atoms with Gasteiger partial charge in [-0.2, -0.15) is 0 Å². The molecule has 0 radical (unpaired) electrons. The zero-order chi connectivity index (χ0) is 15.6. The number of nitrogens with zero attached hydrogens (tertiary/aromatic N) is 1. The first-order valence-electron chi connectivity index (χ1n) is 7.18. The van der Waals surface area contributed by atoms with Crippen LogP contribution in [0, 0.1) is 12.7 Å². The molecular formula is C17H18FNO2S. The normalized spacial score (nSPS) is 20.8. The van der Waals surface area contributed by atoms with Crippen molar-refractivity contribution < 1.29 is 14.0 Å². The maximum atomic E-state index is 13.1. The van der Waals surface area contributed by atoms with Crippen LogP contribution in [0.1, 0.15) is 28.7 Å². The molecule has 0 spiro atoms. The Morgan fingerprint density at radius 3 is 2.95 bits per heavy atom. The smallest absolute Gasteiger partial charge is 0.163 e. The molecule has 0 fully saturated rings. The maximum absolute atomic E-state index is 13.1. The summed E-state index contributed by atoms with van der Waals surface area (Å²) in [6, 6.07) is 10.6. The predicted octanol–water partition coefficient (Wildman–Crippen LogP) is 4.30. The third kappa shape index (κ3) is 3.54. The molecule has 1 aliphatic rings. The molecule has 0 aliphatic carbocycles. The maximum Gasteiger partial charge on any atom is 0.163 e. The minimum absolute atomic E-state index is 0.247. The van der Waals surface area contributed by atoms with Crippen LogP contribution in [0.2, 0.25) is 0 Å². The number of benzene rings is 1. The summed E-state index contributed by atoms with van der Waals surface area (Å²) in [7, 11) is 0. The lowest BCUT2D eigenvalue weighted by atomic mass is 10.0. The molecule has 116 valence electrons. The van der Waals surface area contributed by atoms with Gasteiger partial charge in [-0.25, -0.2) is 4.39 Å². The van der Waals surface area contributed by atoms with Gasteiger partial charge in [-0.3, -0.25) is 0 Å². The van der Waals surface area contributed by atoms with Gasteiger partial charge in [0.2, 0.25) is 0 Å². The highest BCUT2D eigenvalue weighted by atomic mass is 32.1. The fourth-order valence-electron chi connectivity index (χ4n) is 2.39. The quantitative estimate of drug-likeness (QED) is 0.823. The molecule has 3 nitrogen and oxygen atoms in total. The highest BCUT2D eigenvalue weighted by molar-refractivity contribution is 7.14. The van der Waals surface area contributed by atoms with Gasteiger partial charge in [-0.15, -0.1) is 11.3 Å². The van der Waals surface area contributed by atoms with E-state index in [1.165, 1.54) is 17.0 Å². The van der Waals surface area contributed by atoms with Crippen molar-refractivity contribution in [2.45, 2.75) is 32.5 Å². The Labute approximate surface area is 133 Å². The summed E-state index contributed by atoms with van der Waals surface area (Å²) >= 11 is 1.71. The van der Waals surface area contributed by atoms with E-state index in [1.807, 2.05) is 13.0 Å². The van der Waals surface area contributed by atoms with Gasteiger partial charge in [-0.05, 0) is 43.7 Å². The van der Waals surface area contributed by atoms with Gasteiger partial charge in [0, 0.05) is 11.3 Å². The highest BCUT2D eigenvalue weighted by Crippen LogP contribution is 2.29. The second-order valence-electron chi connectivity index (χ2n) is 5.79. The number of aryl methyl sites for hydroxylation is 1. The molecular weight excluding hydrogens is 301 g/mol. The molecule has 1 aromatic heterocycles. The first-order chi connectivity index (χ1) is 10.5. The van der Waals surface area contributed by atoms with E-state index in [-0.39, 0.29) is 5.82 Å². The first-order valence-corrected chi connectivity index (χ1v) is 8.00. The SMILES string of the molecule is Cc1ccc(C2=NOC(C)(COCc3cccc(F)c3)C2)s1. The van der Waals surface area contributed by atoms with Gasteiger partial charge in [0.25, 0.3) is 0 Å². The molecule has 1 aliphatic heterocycles. The van der Waals surface area contributed by atoms with Crippen molar-refractivity contribution in [2.75, 3.05) is 6.61 Å². The van der Waals surface area contributed by atoms with E-state index < -0.39 is 5.60 Å². The van der Waals surface area contributed by atoms with Crippen molar-refractivity contribution in [1.29, 1.82) is 0 Å². The van der Waals surface area contributed by atoms with E-state index in [9.17, 15) is 4.39 Å². The number of hydrogen-bond acceptors (Lipinski definition) is 4. The monoisotopic (exact) mass is 319 g/mol. The average Bonchev–Trinajstić information content (AvgIpc) is 3.06. The van der Waals surface area contributed by atoms with E-state index in [4.69, 9.17) is 9.57 Å². The second-order valence-corrected chi connectivity index (χ2v) is 7.08. The summed E-state index contributed by atoms with van der Waals surface area (Å²) in [6.45, 7) is 4.84. The zero-order valence-corrected chi connectivity index (χ0v) is 13.5. The van der Waals surface area contributed by atoms with E-state index in [0.717, 1.165) is 22.6 Å². The van der Waals surface area contributed by atoms with Crippen molar-refractivity contribution in [3.63, 3.8) is 0 Å². The Balaban J connectivity index is 1.53. The van der Waals surface area contributed by atoms with E-state index in [2.05, 4.69) is 24.2 Å². The summed E-state index contributed by atoms with van der Waals surface area (Å²) in [5.41, 5.74) is 1.33. The lowest BCUT2D eigenvalue weighted by Gasteiger charge is -2.21. The van der Waals surface area contributed by atoms with E-state index in [1.54, 1.807) is 17.4 Å². The molecule has 3 rings (SSSR count). The zero-order valence-electron chi connectivity index (χ0n) is 12.6. The molecule has 1 aromatic carbocycles. The number of rotatable bonds is 5. The summed E-state index contributed by atoms with van der Waals surface area (Å²) < 4.78 is 18.8. The lowest BCUT2D eigenvalue weighted by Crippen LogP contribution is -2.31. The van der Waals surface area contributed by atoms with E-state index in [0.29, 0.717) is 13.2 Å². The van der Waals surface area contributed by atoms with Gasteiger partial charge in [0.05, 0.1) is 18.1 Å². The van der Waals surface area contributed by atoms with Crippen molar-refractivity contribution in [3.05, 3.63) is 57.5 Å². The lowest BCUT2D eigenvalue weighted by molar-refractivity contribution is -0.0709. The fourth-order valence-corrected chi connectivity index (χ4v) is 3.24. The Hall–Kier alpha value is -1.72. The number of hydrogen-bond donors (Lipinski definition) is 0. The van der Waals surface area contributed by atoms with Crippen LogP contribution in [0.5, 0.6) is 0 Å². The Bertz CT molecular complexity index is 697.